The molecule has 2 fully saturated rings. The summed E-state index contributed by atoms with van der Waals surface area (Å²) in [7, 11) is 0. The average Bonchev–Trinajstić information content (AvgIpc) is 2.92. The highest BCUT2D eigenvalue weighted by atomic mass is 16.2. The molecule has 3 aromatic rings. The van der Waals surface area contributed by atoms with Gasteiger partial charge in [-0.2, -0.15) is 0 Å². The van der Waals surface area contributed by atoms with Gasteiger partial charge in [0.2, 0.25) is 5.91 Å². The maximum absolute atomic E-state index is 14.8. The fraction of sp³-hybridized carbons (Fsp3) is 0.467. The fourth-order valence-electron chi connectivity index (χ4n) is 6.36. The number of benzene rings is 3. The molecule has 2 aliphatic heterocycles. The van der Waals surface area contributed by atoms with Crippen molar-refractivity contribution >= 4 is 33.2 Å². The van der Waals surface area contributed by atoms with E-state index in [0.29, 0.717) is 19.1 Å². The summed E-state index contributed by atoms with van der Waals surface area (Å²) in [6, 6.07) is 18.5. The zero-order valence-corrected chi connectivity index (χ0v) is 21.0. The number of rotatable bonds is 6. The number of Topliss-reactive ketones (excluding diaryl/α,β-unsaturated/α-hetero) is 1. The number of nitrogens with one attached hydrogen (secondary N) is 1. The Kier molecular flexibility index (Phi) is 7.17. The van der Waals surface area contributed by atoms with E-state index in [1.807, 2.05) is 43.0 Å². The highest BCUT2D eigenvalue weighted by Gasteiger charge is 2.45. The van der Waals surface area contributed by atoms with Gasteiger partial charge in [-0.1, -0.05) is 48.5 Å². The molecule has 184 valence electrons. The van der Waals surface area contributed by atoms with Gasteiger partial charge in [0, 0.05) is 24.7 Å². The van der Waals surface area contributed by atoms with Crippen molar-refractivity contribution in [1.29, 1.82) is 0 Å². The largest absolute Gasteiger partial charge is 0.343 e. The van der Waals surface area contributed by atoms with Gasteiger partial charge in [-0.3, -0.25) is 14.5 Å². The van der Waals surface area contributed by atoms with E-state index < -0.39 is 6.04 Å². The van der Waals surface area contributed by atoms with Crippen LogP contribution in [0.4, 0.5) is 0 Å². The van der Waals surface area contributed by atoms with Crippen molar-refractivity contribution < 1.29 is 9.59 Å². The van der Waals surface area contributed by atoms with Crippen LogP contribution in [0.3, 0.4) is 0 Å². The lowest BCUT2D eigenvalue weighted by Gasteiger charge is -2.46. The zero-order chi connectivity index (χ0) is 24.4. The van der Waals surface area contributed by atoms with E-state index in [4.69, 9.17) is 0 Å². The average molecular weight is 472 g/mol. The molecule has 2 saturated heterocycles. The van der Waals surface area contributed by atoms with Gasteiger partial charge >= 0.3 is 0 Å². The van der Waals surface area contributed by atoms with E-state index in [9.17, 15) is 9.59 Å². The molecule has 0 aliphatic carbocycles. The standard InChI is InChI=1S/C30H37N3O2/c1-3-32(4-2)30(35)26-14-9-19-33(23-15-17-31-18-16-23)28(26)29(34)27-24-12-7-5-10-21(24)20-22-11-6-8-13-25(22)27/h5-8,10-13,20,23,26,28,31H,3-4,9,14-19H2,1-2H3. The van der Waals surface area contributed by atoms with E-state index in [1.54, 1.807) is 0 Å². The van der Waals surface area contributed by atoms with E-state index in [0.717, 1.165) is 72.4 Å². The van der Waals surface area contributed by atoms with Gasteiger partial charge in [0.05, 0.1) is 12.0 Å². The Morgan fingerprint density at radius 1 is 0.914 bits per heavy atom. The maximum Gasteiger partial charge on any atom is 0.227 e. The minimum absolute atomic E-state index is 0.113. The van der Waals surface area contributed by atoms with Crippen LogP contribution in [0, 0.1) is 5.92 Å². The van der Waals surface area contributed by atoms with Gasteiger partial charge in [-0.25, -0.2) is 0 Å². The maximum atomic E-state index is 14.8. The molecule has 2 atom stereocenters. The third kappa shape index (κ3) is 4.48. The smallest absolute Gasteiger partial charge is 0.227 e. The van der Waals surface area contributed by atoms with Crippen LogP contribution in [0.5, 0.6) is 0 Å². The van der Waals surface area contributed by atoms with E-state index in [1.165, 1.54) is 0 Å². The molecule has 2 heterocycles. The molecule has 2 unspecified atom stereocenters. The number of piperidine rings is 2. The normalized spacial score (nSPS) is 21.9. The number of hydrogen-bond acceptors (Lipinski definition) is 4. The second-order valence-corrected chi connectivity index (χ2v) is 9.98. The lowest BCUT2D eigenvalue weighted by molar-refractivity contribution is -0.139. The first kappa shape index (κ1) is 24.0. The summed E-state index contributed by atoms with van der Waals surface area (Å²) in [5.41, 5.74) is 0.780. The second-order valence-electron chi connectivity index (χ2n) is 9.98. The molecular formula is C30H37N3O2. The number of hydrogen-bond donors (Lipinski definition) is 1. The first-order valence-corrected chi connectivity index (χ1v) is 13.3. The Balaban J connectivity index is 1.66. The molecule has 0 spiro atoms. The zero-order valence-electron chi connectivity index (χ0n) is 21.0. The van der Waals surface area contributed by atoms with E-state index in [-0.39, 0.29) is 17.6 Å². The monoisotopic (exact) mass is 471 g/mol. The SMILES string of the molecule is CCN(CC)C(=O)C1CCCN(C2CCNCC2)C1C(=O)c1c2ccccc2cc2ccccc12. The van der Waals surface area contributed by atoms with Gasteiger partial charge in [0.25, 0.3) is 0 Å². The summed E-state index contributed by atoms with van der Waals surface area (Å²) in [6.45, 7) is 8.23. The van der Waals surface area contributed by atoms with Crippen molar-refractivity contribution in [2.24, 2.45) is 5.92 Å². The van der Waals surface area contributed by atoms with Crippen LogP contribution in [-0.2, 0) is 4.79 Å². The number of amides is 1. The Bertz CT molecular complexity index is 1160. The van der Waals surface area contributed by atoms with Gasteiger partial charge in [-0.05, 0) is 86.8 Å². The Morgan fingerprint density at radius 2 is 1.51 bits per heavy atom. The predicted octanol–water partition coefficient (Wildman–Crippen LogP) is 4.88. The summed E-state index contributed by atoms with van der Waals surface area (Å²) in [5.74, 6) is -0.0537. The predicted molar refractivity (Wildman–Crippen MR) is 143 cm³/mol. The van der Waals surface area contributed by atoms with Gasteiger partial charge < -0.3 is 10.2 Å². The highest BCUT2D eigenvalue weighted by molar-refractivity contribution is 6.21. The molecule has 0 bridgehead atoms. The van der Waals surface area contributed by atoms with Crippen molar-refractivity contribution in [3.63, 3.8) is 0 Å². The number of carbonyl (C=O) groups is 2. The lowest BCUT2D eigenvalue weighted by Crippen LogP contribution is -2.59. The van der Waals surface area contributed by atoms with Crippen molar-refractivity contribution in [2.45, 2.75) is 51.6 Å². The molecule has 0 aromatic heterocycles. The van der Waals surface area contributed by atoms with Crippen LogP contribution in [0.25, 0.3) is 21.5 Å². The molecule has 1 amide bonds. The third-order valence-electron chi connectivity index (χ3n) is 8.13. The van der Waals surface area contributed by atoms with Crippen LogP contribution >= 0.6 is 0 Å². The quantitative estimate of drug-likeness (QED) is 0.411. The first-order chi connectivity index (χ1) is 17.1. The molecular weight excluding hydrogens is 434 g/mol. The number of likely N-dealkylation sites (tertiary alicyclic amines) is 1. The van der Waals surface area contributed by atoms with E-state index >= 15 is 0 Å². The van der Waals surface area contributed by atoms with Crippen LogP contribution < -0.4 is 5.32 Å². The minimum atomic E-state index is -0.422. The number of nitrogens with zero attached hydrogens (tertiary/aromatic N) is 2. The summed E-state index contributed by atoms with van der Waals surface area (Å²) in [4.78, 5) is 32.9. The summed E-state index contributed by atoms with van der Waals surface area (Å²) in [5, 5.41) is 7.58. The van der Waals surface area contributed by atoms with Gasteiger partial charge in [-0.15, -0.1) is 0 Å². The highest BCUT2D eigenvalue weighted by Crippen LogP contribution is 2.36. The van der Waals surface area contributed by atoms with Crippen molar-refractivity contribution in [1.82, 2.24) is 15.1 Å². The molecule has 0 radical (unpaired) electrons. The van der Waals surface area contributed by atoms with Crippen molar-refractivity contribution in [3.8, 4) is 0 Å². The molecule has 5 heteroatoms. The summed E-state index contributed by atoms with van der Waals surface area (Å²) >= 11 is 0. The van der Waals surface area contributed by atoms with Crippen LogP contribution in [0.2, 0.25) is 0 Å². The summed E-state index contributed by atoms with van der Waals surface area (Å²) in [6.07, 6.45) is 3.77. The molecule has 5 nitrogen and oxygen atoms in total. The molecule has 5 rings (SSSR count). The summed E-state index contributed by atoms with van der Waals surface area (Å²) < 4.78 is 0. The second kappa shape index (κ2) is 10.5. The molecule has 0 saturated carbocycles. The van der Waals surface area contributed by atoms with Crippen molar-refractivity contribution in [2.75, 3.05) is 32.7 Å². The molecule has 35 heavy (non-hydrogen) atoms. The topological polar surface area (TPSA) is 52.7 Å². The first-order valence-electron chi connectivity index (χ1n) is 13.3. The molecule has 2 aliphatic rings. The van der Waals surface area contributed by atoms with Gasteiger partial charge in [0.15, 0.2) is 5.78 Å². The Morgan fingerprint density at radius 3 is 2.11 bits per heavy atom. The van der Waals surface area contributed by atoms with E-state index in [2.05, 4.69) is 40.5 Å². The Labute approximate surface area is 208 Å². The van der Waals surface area contributed by atoms with Crippen LogP contribution in [-0.4, -0.2) is 66.3 Å². The van der Waals surface area contributed by atoms with Gasteiger partial charge in [0.1, 0.15) is 0 Å². The number of fused-ring (bicyclic) bond motifs is 2. The van der Waals surface area contributed by atoms with Crippen LogP contribution in [0.1, 0.15) is 49.9 Å². The minimum Gasteiger partial charge on any atom is -0.343 e. The van der Waals surface area contributed by atoms with Crippen molar-refractivity contribution in [3.05, 3.63) is 60.2 Å². The Hall–Kier alpha value is -2.76. The molecule has 3 aromatic carbocycles. The van der Waals surface area contributed by atoms with Crippen LogP contribution in [0.15, 0.2) is 54.6 Å². The number of carbonyl (C=O) groups excluding carboxylic acids is 2. The molecule has 1 N–H and O–H groups in total. The fourth-order valence-corrected chi connectivity index (χ4v) is 6.36. The third-order valence-corrected chi connectivity index (χ3v) is 8.13. The lowest BCUT2D eigenvalue weighted by atomic mass is 9.79. The number of ketones is 1.